The fourth-order valence-corrected chi connectivity index (χ4v) is 3.29. The highest BCUT2D eigenvalue weighted by Crippen LogP contribution is 2.33. The molecule has 0 aliphatic carbocycles. The van der Waals surface area contributed by atoms with Crippen LogP contribution in [0.1, 0.15) is 17.3 Å². The van der Waals surface area contributed by atoms with Crippen LogP contribution in [0, 0.1) is 0 Å². The minimum atomic E-state index is -0.339. The Hall–Kier alpha value is -1.90. The van der Waals surface area contributed by atoms with Crippen LogP contribution in [0.25, 0.3) is 0 Å². The molecule has 26 heavy (non-hydrogen) atoms. The molecule has 1 heterocycles. The van der Waals surface area contributed by atoms with Gasteiger partial charge in [0, 0.05) is 25.5 Å². The van der Waals surface area contributed by atoms with Crippen molar-refractivity contribution in [3.05, 3.63) is 33.4 Å². The summed E-state index contributed by atoms with van der Waals surface area (Å²) >= 11 is 7.68. The van der Waals surface area contributed by atoms with Crippen molar-refractivity contribution in [2.45, 2.75) is 6.92 Å². The van der Waals surface area contributed by atoms with E-state index < -0.39 is 0 Å². The molecule has 0 saturated heterocycles. The maximum Gasteiger partial charge on any atom is 0.265 e. The number of rotatable bonds is 7. The fourth-order valence-electron chi connectivity index (χ4n) is 2.27. The number of nitrogens with one attached hydrogen (secondary N) is 2. The summed E-state index contributed by atoms with van der Waals surface area (Å²) in [5, 5.41) is 5.68. The molecule has 0 unspecified atom stereocenters. The van der Waals surface area contributed by atoms with Crippen molar-refractivity contribution in [1.29, 1.82) is 0 Å². The van der Waals surface area contributed by atoms with E-state index in [1.54, 1.807) is 14.0 Å². The summed E-state index contributed by atoms with van der Waals surface area (Å²) in [4.78, 5) is 25.2. The molecule has 0 fully saturated rings. The quantitative estimate of drug-likeness (QED) is 0.684. The number of methoxy groups -OCH3 is 2. The Morgan fingerprint density at radius 2 is 2.08 bits per heavy atom. The second-order valence-electron chi connectivity index (χ2n) is 5.32. The third-order valence-corrected chi connectivity index (χ3v) is 4.99. The Bertz CT molecular complexity index is 723. The van der Waals surface area contributed by atoms with Crippen LogP contribution < -0.4 is 15.4 Å². The molecule has 142 valence electrons. The number of anilines is 1. The Labute approximate surface area is 161 Å². The predicted molar refractivity (Wildman–Crippen MR) is 102 cm³/mol. The lowest BCUT2D eigenvalue weighted by atomic mass is 10.1. The molecule has 1 aromatic carbocycles. The molecule has 0 bridgehead atoms. The molecule has 7 nitrogen and oxygen atoms in total. The van der Waals surface area contributed by atoms with Crippen LogP contribution >= 0.6 is 23.4 Å². The van der Waals surface area contributed by atoms with Crippen LogP contribution in [0.4, 0.5) is 5.69 Å². The monoisotopic (exact) mass is 400 g/mol. The van der Waals surface area contributed by atoms with Crippen LogP contribution in [0.2, 0.25) is 5.02 Å². The molecule has 0 aromatic heterocycles. The summed E-state index contributed by atoms with van der Waals surface area (Å²) < 4.78 is 15.6. The van der Waals surface area contributed by atoms with E-state index in [0.717, 1.165) is 0 Å². The molecule has 2 N–H and O–H groups in total. The zero-order chi connectivity index (χ0) is 19.1. The maximum absolute atomic E-state index is 12.5. The molecule has 2 amide bonds. The minimum absolute atomic E-state index is 0.232. The molecular formula is C17H21ClN2O5S. The number of hydrogen-bond donors (Lipinski definition) is 2. The number of benzene rings is 1. The third kappa shape index (κ3) is 5.06. The smallest absolute Gasteiger partial charge is 0.265 e. The second-order valence-corrected chi connectivity index (χ2v) is 6.83. The van der Waals surface area contributed by atoms with Gasteiger partial charge in [-0.05, 0) is 13.0 Å². The Balaban J connectivity index is 2.20. The normalized spacial score (nSPS) is 13.8. The molecule has 0 atom stereocenters. The summed E-state index contributed by atoms with van der Waals surface area (Å²) in [5.41, 5.74) is 0.630. The number of halogens is 1. The molecule has 2 rings (SSSR count). The van der Waals surface area contributed by atoms with Crippen LogP contribution in [-0.4, -0.2) is 51.5 Å². The van der Waals surface area contributed by atoms with Crippen LogP contribution in [0.5, 0.6) is 5.75 Å². The van der Waals surface area contributed by atoms with E-state index in [1.807, 2.05) is 0 Å². The largest absolute Gasteiger partial charge is 0.496 e. The van der Waals surface area contributed by atoms with Gasteiger partial charge < -0.3 is 24.8 Å². The van der Waals surface area contributed by atoms with Crippen molar-refractivity contribution in [2.24, 2.45) is 0 Å². The van der Waals surface area contributed by atoms with Gasteiger partial charge in [-0.1, -0.05) is 11.6 Å². The van der Waals surface area contributed by atoms with Gasteiger partial charge in [0.05, 0.1) is 36.6 Å². The van der Waals surface area contributed by atoms with Gasteiger partial charge in [-0.25, -0.2) is 0 Å². The number of allylic oxidation sites excluding steroid dienone is 1. The molecule has 0 saturated carbocycles. The van der Waals surface area contributed by atoms with Gasteiger partial charge in [-0.15, -0.1) is 11.8 Å². The van der Waals surface area contributed by atoms with E-state index in [1.165, 1.54) is 31.0 Å². The standard InChI is InChI=1S/C17H21ClN2O5S/c1-10-15(26-7-6-25-10)17(22)20-13-9-14(24-3)11(8-12(13)18)16(21)19-4-5-23-2/h8-9H,4-7H2,1-3H3,(H,19,21)(H,20,22). The number of amides is 2. The topological polar surface area (TPSA) is 85.9 Å². The zero-order valence-corrected chi connectivity index (χ0v) is 16.4. The first-order valence-corrected chi connectivity index (χ1v) is 9.26. The van der Waals surface area contributed by atoms with Gasteiger partial charge in [0.25, 0.3) is 11.8 Å². The lowest BCUT2D eigenvalue weighted by molar-refractivity contribution is -0.112. The van der Waals surface area contributed by atoms with E-state index in [9.17, 15) is 9.59 Å². The van der Waals surface area contributed by atoms with Crippen molar-refractivity contribution in [1.82, 2.24) is 5.32 Å². The first-order valence-electron chi connectivity index (χ1n) is 7.90. The number of thioether (sulfide) groups is 1. The van der Waals surface area contributed by atoms with Gasteiger partial charge in [0.1, 0.15) is 16.4 Å². The first-order chi connectivity index (χ1) is 12.5. The van der Waals surface area contributed by atoms with E-state index >= 15 is 0 Å². The van der Waals surface area contributed by atoms with Gasteiger partial charge in [-0.2, -0.15) is 0 Å². The van der Waals surface area contributed by atoms with Crippen LogP contribution in [-0.2, 0) is 14.3 Å². The van der Waals surface area contributed by atoms with Crippen molar-refractivity contribution >= 4 is 40.9 Å². The zero-order valence-electron chi connectivity index (χ0n) is 14.8. The average molecular weight is 401 g/mol. The summed E-state index contributed by atoms with van der Waals surface area (Å²) in [6, 6.07) is 2.99. The molecule has 9 heteroatoms. The SMILES string of the molecule is COCCNC(=O)c1cc(Cl)c(NC(=O)C2=C(C)OCCS2)cc1OC. The maximum atomic E-state index is 12.5. The van der Waals surface area contributed by atoms with E-state index in [-0.39, 0.29) is 22.4 Å². The number of carbonyl (C=O) groups excluding carboxylic acids is 2. The molecule has 1 aliphatic heterocycles. The average Bonchev–Trinajstić information content (AvgIpc) is 2.63. The summed E-state index contributed by atoms with van der Waals surface area (Å²) in [6.07, 6.45) is 0. The first kappa shape index (κ1) is 20.4. The molecular weight excluding hydrogens is 380 g/mol. The lowest BCUT2D eigenvalue weighted by Gasteiger charge is -2.18. The van der Waals surface area contributed by atoms with Crippen molar-refractivity contribution in [2.75, 3.05) is 45.0 Å². The van der Waals surface area contributed by atoms with Crippen LogP contribution in [0.3, 0.4) is 0 Å². The second kappa shape index (κ2) is 9.70. The number of hydrogen-bond acceptors (Lipinski definition) is 6. The summed E-state index contributed by atoms with van der Waals surface area (Å²) in [6.45, 7) is 3.08. The molecule has 1 aromatic rings. The van der Waals surface area contributed by atoms with Crippen molar-refractivity contribution < 1.29 is 23.8 Å². The fraction of sp³-hybridized carbons (Fsp3) is 0.412. The van der Waals surface area contributed by atoms with Crippen molar-refractivity contribution in [3.63, 3.8) is 0 Å². The van der Waals surface area contributed by atoms with Crippen LogP contribution in [0.15, 0.2) is 22.8 Å². The highest BCUT2D eigenvalue weighted by molar-refractivity contribution is 8.04. The summed E-state index contributed by atoms with van der Waals surface area (Å²) in [5.74, 6) is 0.938. The highest BCUT2D eigenvalue weighted by atomic mass is 35.5. The van der Waals surface area contributed by atoms with Gasteiger partial charge in [0.15, 0.2) is 0 Å². The number of carbonyl (C=O) groups is 2. The number of ether oxygens (including phenoxy) is 3. The van der Waals surface area contributed by atoms with Crippen molar-refractivity contribution in [3.8, 4) is 5.75 Å². The third-order valence-electron chi connectivity index (χ3n) is 3.55. The lowest BCUT2D eigenvalue weighted by Crippen LogP contribution is -2.27. The summed E-state index contributed by atoms with van der Waals surface area (Å²) in [7, 11) is 2.99. The van der Waals surface area contributed by atoms with E-state index in [4.69, 9.17) is 25.8 Å². The Morgan fingerprint density at radius 3 is 2.73 bits per heavy atom. The van der Waals surface area contributed by atoms with Gasteiger partial charge in [0.2, 0.25) is 0 Å². The Kier molecular flexibility index (Phi) is 7.62. The van der Waals surface area contributed by atoms with E-state index in [0.29, 0.717) is 47.6 Å². The van der Waals surface area contributed by atoms with E-state index in [2.05, 4.69) is 10.6 Å². The minimum Gasteiger partial charge on any atom is -0.496 e. The molecule has 0 radical (unpaired) electrons. The highest BCUT2D eigenvalue weighted by Gasteiger charge is 2.21. The molecule has 0 spiro atoms. The van der Waals surface area contributed by atoms with Gasteiger partial charge >= 0.3 is 0 Å². The predicted octanol–water partition coefficient (Wildman–Crippen LogP) is 2.66. The van der Waals surface area contributed by atoms with Gasteiger partial charge in [-0.3, -0.25) is 9.59 Å². The Morgan fingerprint density at radius 1 is 1.31 bits per heavy atom. The molecule has 1 aliphatic rings.